The summed E-state index contributed by atoms with van der Waals surface area (Å²) in [6.45, 7) is 0. The Morgan fingerprint density at radius 1 is 1.17 bits per heavy atom. The van der Waals surface area contributed by atoms with Crippen LogP contribution < -0.4 is 11.3 Å². The number of fused-ring (bicyclic) bond motifs is 1. The van der Waals surface area contributed by atoms with Gasteiger partial charge >= 0.3 is 5.38 Å². The van der Waals surface area contributed by atoms with Gasteiger partial charge in [-0.3, -0.25) is 5.84 Å². The second-order valence-corrected chi connectivity index (χ2v) is 4.61. The molecule has 1 unspecified atom stereocenters. The first-order valence-electron chi connectivity index (χ1n) is 5.52. The number of halogens is 3. The van der Waals surface area contributed by atoms with Gasteiger partial charge in [0, 0.05) is 0 Å². The van der Waals surface area contributed by atoms with E-state index in [1.54, 1.807) is 6.07 Å². The molecule has 2 aromatic carbocycles. The van der Waals surface area contributed by atoms with E-state index in [4.69, 9.17) is 17.4 Å². The first kappa shape index (κ1) is 13.2. The predicted octanol–water partition coefficient (Wildman–Crippen LogP) is 3.05. The third-order valence-corrected chi connectivity index (χ3v) is 3.16. The maximum Gasteiger partial charge on any atom is 0.338 e. The largest absolute Gasteiger partial charge is 0.338 e. The van der Waals surface area contributed by atoms with Gasteiger partial charge in [0.05, 0.1) is 0 Å². The van der Waals surface area contributed by atoms with Crippen LogP contribution in [0.4, 0.5) is 8.78 Å². The molecule has 0 fully saturated rings. The Hall–Kier alpha value is -1.23. The Morgan fingerprint density at radius 3 is 2.50 bits per heavy atom. The Kier molecular flexibility index (Phi) is 3.80. The molecule has 2 aromatic rings. The number of hydrogen-bond acceptors (Lipinski definition) is 2. The zero-order valence-electron chi connectivity index (χ0n) is 9.54. The first-order chi connectivity index (χ1) is 8.52. The molecule has 0 aliphatic carbocycles. The van der Waals surface area contributed by atoms with Gasteiger partial charge in [-0.15, -0.1) is 0 Å². The lowest BCUT2D eigenvalue weighted by Gasteiger charge is -2.21. The minimum absolute atomic E-state index is 0.0638. The molecule has 96 valence electrons. The summed E-state index contributed by atoms with van der Waals surface area (Å²) in [6, 6.07) is 11.9. The zero-order chi connectivity index (χ0) is 13.2. The minimum Gasteiger partial charge on any atom is -0.271 e. The Labute approximate surface area is 109 Å². The number of hydrazine groups is 1. The maximum absolute atomic E-state index is 13.1. The Morgan fingerprint density at radius 2 is 1.83 bits per heavy atom. The zero-order valence-corrected chi connectivity index (χ0v) is 10.3. The molecule has 2 rings (SSSR count). The predicted molar refractivity (Wildman–Crippen MR) is 69.6 cm³/mol. The van der Waals surface area contributed by atoms with Crippen molar-refractivity contribution >= 4 is 22.4 Å². The van der Waals surface area contributed by atoms with E-state index in [1.807, 2.05) is 36.4 Å². The van der Waals surface area contributed by atoms with Crippen LogP contribution in [0, 0.1) is 0 Å². The third kappa shape index (κ3) is 2.77. The van der Waals surface area contributed by atoms with E-state index >= 15 is 0 Å². The fourth-order valence-electron chi connectivity index (χ4n) is 1.96. The molecule has 0 aliphatic rings. The summed E-state index contributed by atoms with van der Waals surface area (Å²) in [5.41, 5.74) is 2.86. The second kappa shape index (κ2) is 5.18. The Bertz CT molecular complexity index is 534. The van der Waals surface area contributed by atoms with Crippen molar-refractivity contribution in [2.75, 3.05) is 0 Å². The van der Waals surface area contributed by atoms with Crippen LogP contribution in [-0.2, 0) is 6.42 Å². The highest BCUT2D eigenvalue weighted by molar-refractivity contribution is 6.22. The van der Waals surface area contributed by atoms with Crippen molar-refractivity contribution < 1.29 is 8.78 Å². The van der Waals surface area contributed by atoms with Crippen LogP contribution in [0.1, 0.15) is 5.56 Å². The van der Waals surface area contributed by atoms with E-state index in [0.29, 0.717) is 0 Å². The van der Waals surface area contributed by atoms with E-state index in [2.05, 4.69) is 5.43 Å². The van der Waals surface area contributed by atoms with Crippen LogP contribution >= 0.6 is 11.6 Å². The maximum atomic E-state index is 13.1. The van der Waals surface area contributed by atoms with Gasteiger partial charge in [0.1, 0.15) is 6.04 Å². The van der Waals surface area contributed by atoms with Crippen molar-refractivity contribution in [3.05, 3.63) is 48.0 Å². The van der Waals surface area contributed by atoms with Crippen LogP contribution in [0.3, 0.4) is 0 Å². The highest BCUT2D eigenvalue weighted by Crippen LogP contribution is 2.28. The molecule has 0 bridgehead atoms. The van der Waals surface area contributed by atoms with Crippen LogP contribution in [0.5, 0.6) is 0 Å². The average Bonchev–Trinajstić information content (AvgIpc) is 2.34. The van der Waals surface area contributed by atoms with Crippen LogP contribution in [0.15, 0.2) is 42.5 Å². The first-order valence-corrected chi connectivity index (χ1v) is 5.89. The molecule has 0 saturated carbocycles. The molecular weight excluding hydrogens is 258 g/mol. The summed E-state index contributed by atoms with van der Waals surface area (Å²) in [6.07, 6.45) is 0.0638. The number of alkyl halides is 3. The van der Waals surface area contributed by atoms with Gasteiger partial charge in [-0.05, 0) is 34.4 Å². The minimum atomic E-state index is -3.38. The highest BCUT2D eigenvalue weighted by Gasteiger charge is 2.36. The molecule has 0 aromatic heterocycles. The van der Waals surface area contributed by atoms with Crippen molar-refractivity contribution in [2.24, 2.45) is 5.84 Å². The van der Waals surface area contributed by atoms with Gasteiger partial charge in [0.15, 0.2) is 0 Å². The van der Waals surface area contributed by atoms with E-state index in [0.717, 1.165) is 16.3 Å². The summed E-state index contributed by atoms with van der Waals surface area (Å²) in [5.74, 6) is 5.14. The van der Waals surface area contributed by atoms with Crippen molar-refractivity contribution in [1.29, 1.82) is 0 Å². The SMILES string of the molecule is NNC(Cc1cccc2ccccc12)C(F)(F)Cl. The Balaban J connectivity index is 2.37. The lowest BCUT2D eigenvalue weighted by atomic mass is 9.99. The molecule has 0 saturated heterocycles. The van der Waals surface area contributed by atoms with Crippen molar-refractivity contribution in [1.82, 2.24) is 5.43 Å². The van der Waals surface area contributed by atoms with Gasteiger partial charge in [-0.1, -0.05) is 42.5 Å². The van der Waals surface area contributed by atoms with Gasteiger partial charge < -0.3 is 0 Å². The van der Waals surface area contributed by atoms with E-state index < -0.39 is 11.4 Å². The lowest BCUT2D eigenvalue weighted by Crippen LogP contribution is -2.46. The summed E-state index contributed by atoms with van der Waals surface area (Å²) in [4.78, 5) is 0. The summed E-state index contributed by atoms with van der Waals surface area (Å²) >= 11 is 5.02. The number of hydrogen-bond donors (Lipinski definition) is 2. The fraction of sp³-hybridized carbons (Fsp3) is 0.231. The number of nitrogens with two attached hydrogens (primary N) is 1. The number of benzene rings is 2. The monoisotopic (exact) mass is 270 g/mol. The molecule has 0 aliphatic heterocycles. The summed E-state index contributed by atoms with van der Waals surface area (Å²) in [5, 5.41) is -1.45. The van der Waals surface area contributed by atoms with Gasteiger partial charge in [0.25, 0.3) is 0 Å². The van der Waals surface area contributed by atoms with E-state index in [9.17, 15) is 8.78 Å². The van der Waals surface area contributed by atoms with Crippen LogP contribution in [-0.4, -0.2) is 11.4 Å². The lowest BCUT2D eigenvalue weighted by molar-refractivity contribution is 0.0504. The third-order valence-electron chi connectivity index (χ3n) is 2.90. The van der Waals surface area contributed by atoms with Gasteiger partial charge in [-0.2, -0.15) is 8.78 Å². The van der Waals surface area contributed by atoms with Crippen molar-refractivity contribution in [3.8, 4) is 0 Å². The topological polar surface area (TPSA) is 38.0 Å². The molecule has 0 amide bonds. The molecule has 18 heavy (non-hydrogen) atoms. The normalized spacial score (nSPS) is 13.8. The summed E-state index contributed by atoms with van der Waals surface area (Å²) < 4.78 is 26.2. The van der Waals surface area contributed by atoms with E-state index in [-0.39, 0.29) is 6.42 Å². The smallest absolute Gasteiger partial charge is 0.271 e. The standard InChI is InChI=1S/C13H13ClF2N2/c14-13(15,16)12(18-17)8-10-6-3-5-9-4-1-2-7-11(9)10/h1-7,12,18H,8,17H2. The molecule has 5 heteroatoms. The number of rotatable bonds is 4. The van der Waals surface area contributed by atoms with Crippen molar-refractivity contribution in [3.63, 3.8) is 0 Å². The fourth-order valence-corrected chi connectivity index (χ4v) is 2.10. The second-order valence-electron chi connectivity index (χ2n) is 4.10. The van der Waals surface area contributed by atoms with Crippen molar-refractivity contribution in [2.45, 2.75) is 17.8 Å². The molecule has 3 N–H and O–H groups in total. The molecule has 0 spiro atoms. The highest BCUT2D eigenvalue weighted by atomic mass is 35.5. The number of nitrogens with one attached hydrogen (secondary N) is 1. The molecule has 0 radical (unpaired) electrons. The van der Waals surface area contributed by atoms with Crippen LogP contribution in [0.2, 0.25) is 0 Å². The van der Waals surface area contributed by atoms with Gasteiger partial charge in [0.2, 0.25) is 0 Å². The van der Waals surface area contributed by atoms with Crippen LogP contribution in [0.25, 0.3) is 10.8 Å². The average molecular weight is 271 g/mol. The molecule has 0 heterocycles. The van der Waals surface area contributed by atoms with Gasteiger partial charge in [-0.25, -0.2) is 5.43 Å². The molecular formula is C13H13ClF2N2. The molecule has 1 atom stereocenters. The van der Waals surface area contributed by atoms with E-state index in [1.165, 1.54) is 0 Å². The quantitative estimate of drug-likeness (QED) is 0.509. The molecule has 2 nitrogen and oxygen atoms in total. The summed E-state index contributed by atoms with van der Waals surface area (Å²) in [7, 11) is 0.